The van der Waals surface area contributed by atoms with Crippen LogP contribution < -0.4 is 24.8 Å². The molecule has 0 radical (unpaired) electrons. The van der Waals surface area contributed by atoms with E-state index >= 15 is 0 Å². The van der Waals surface area contributed by atoms with Crippen LogP contribution in [0.3, 0.4) is 0 Å². The Balaban J connectivity index is 0.000000303. The number of halogens is 2. The summed E-state index contributed by atoms with van der Waals surface area (Å²) in [6.45, 7) is 27.3. The van der Waals surface area contributed by atoms with Gasteiger partial charge in [-0.1, -0.05) is 141 Å². The first-order valence-electron chi connectivity index (χ1n) is 17.7. The molecule has 0 unspecified atom stereocenters. The first-order chi connectivity index (χ1) is 22.6. The summed E-state index contributed by atoms with van der Waals surface area (Å²) in [5, 5.41) is 5.55. The van der Waals surface area contributed by atoms with Crippen LogP contribution in [0.5, 0.6) is 0 Å². The van der Waals surface area contributed by atoms with E-state index in [0.717, 1.165) is 12.8 Å². The molecule has 0 atom stereocenters. The Kier molecular flexibility index (Phi) is 16.3. The maximum absolute atomic E-state index is 2.37. The predicted molar refractivity (Wildman–Crippen MR) is 213 cm³/mol. The summed E-state index contributed by atoms with van der Waals surface area (Å²) < 4.78 is 0. The van der Waals surface area contributed by atoms with Crippen LogP contribution in [0.15, 0.2) is 97.1 Å². The molecule has 0 bridgehead atoms. The van der Waals surface area contributed by atoms with Crippen molar-refractivity contribution in [2.24, 2.45) is 0 Å². The molecule has 0 aromatic heterocycles. The van der Waals surface area contributed by atoms with Gasteiger partial charge in [-0.3, -0.25) is 0 Å². The predicted octanol–water partition coefficient (Wildman–Crippen LogP) is 7.58. The third-order valence-corrected chi connectivity index (χ3v) is 9.31. The monoisotopic (exact) mass is 796 g/mol. The van der Waals surface area contributed by atoms with Gasteiger partial charge in [-0.05, 0) is 45.9 Å². The average molecular weight is 799 g/mol. The molecule has 0 aliphatic rings. The minimum Gasteiger partial charge on any atom is -1.00 e. The van der Waals surface area contributed by atoms with Crippen LogP contribution >= 0.6 is 0 Å². The third-order valence-electron chi connectivity index (χ3n) is 9.31. The molecule has 0 nitrogen and oxygen atoms in total. The molecule has 50 heavy (non-hydrogen) atoms. The number of benzene rings is 4. The molecule has 0 saturated heterocycles. The van der Waals surface area contributed by atoms with Crippen molar-refractivity contribution in [3.05, 3.63) is 130 Å². The van der Waals surface area contributed by atoms with E-state index in [1.165, 1.54) is 77.2 Å². The molecule has 0 amide bonds. The van der Waals surface area contributed by atoms with Crippen molar-refractivity contribution < 1.29 is 48.1 Å². The minimum atomic E-state index is 0. The molecule has 264 valence electrons. The van der Waals surface area contributed by atoms with Crippen LogP contribution in [0.1, 0.15) is 88.8 Å². The van der Waals surface area contributed by atoms with Gasteiger partial charge < -0.3 is 24.8 Å². The number of rotatable bonds is 4. The fourth-order valence-electron chi connectivity index (χ4n) is 6.89. The van der Waals surface area contributed by atoms with Crippen molar-refractivity contribution in [1.29, 1.82) is 0 Å². The first-order valence-corrected chi connectivity index (χ1v) is 23.8. The van der Waals surface area contributed by atoms with Crippen LogP contribution in [-0.2, 0) is 47.0 Å². The zero-order valence-corrected chi connectivity index (χ0v) is 37.4. The molecule has 0 aliphatic carbocycles. The summed E-state index contributed by atoms with van der Waals surface area (Å²) >= 11 is 1.74. The Morgan fingerprint density at radius 1 is 0.540 bits per heavy atom. The van der Waals surface area contributed by atoms with Gasteiger partial charge in [0.25, 0.3) is 0 Å². The van der Waals surface area contributed by atoms with Gasteiger partial charge in [-0.2, -0.15) is 11.1 Å². The molecular weight excluding hydrogens is 743 g/mol. The topological polar surface area (TPSA) is 0 Å². The van der Waals surface area contributed by atoms with Crippen LogP contribution in [0, 0.1) is 13.8 Å². The van der Waals surface area contributed by atoms with Gasteiger partial charge in [0.05, 0.1) is 0 Å². The molecule has 0 spiro atoms. The van der Waals surface area contributed by atoms with Gasteiger partial charge in [0, 0.05) is 0 Å². The summed E-state index contributed by atoms with van der Waals surface area (Å²) in [6.07, 6.45) is 2.18. The third kappa shape index (κ3) is 10.4. The van der Waals surface area contributed by atoms with E-state index in [1.807, 2.05) is 0 Å². The van der Waals surface area contributed by atoms with Gasteiger partial charge in [0.1, 0.15) is 0 Å². The van der Waals surface area contributed by atoms with Gasteiger partial charge in [0.15, 0.2) is 0 Å². The summed E-state index contributed by atoms with van der Waals surface area (Å²) in [6, 6.07) is 36.1. The second-order valence-electron chi connectivity index (χ2n) is 15.5. The largest absolute Gasteiger partial charge is 1.00 e. The Bertz CT molecular complexity index is 1850. The van der Waals surface area contributed by atoms with Crippen molar-refractivity contribution in [3.63, 3.8) is 0 Å². The van der Waals surface area contributed by atoms with Gasteiger partial charge in [-0.15, -0.1) is 69.1 Å². The molecule has 0 aliphatic heterocycles. The zero-order valence-electron chi connectivity index (χ0n) is 32.4. The van der Waals surface area contributed by atoms with Crippen LogP contribution in [0.2, 0.25) is 13.1 Å². The second-order valence-corrected chi connectivity index (χ2v) is 24.9. The van der Waals surface area contributed by atoms with E-state index in [1.54, 1.807) is 23.3 Å². The van der Waals surface area contributed by atoms with Crippen LogP contribution in [0.25, 0.3) is 43.8 Å². The number of hydrogen-bond donors (Lipinski definition) is 0. The average Bonchev–Trinajstić information content (AvgIpc) is 3.58. The van der Waals surface area contributed by atoms with E-state index in [2.05, 4.69) is 179 Å². The molecule has 4 heteroatoms. The molecule has 6 aromatic rings. The van der Waals surface area contributed by atoms with E-state index in [4.69, 9.17) is 0 Å². The number of aryl methyl sites for hydroxylation is 4. The smallest absolute Gasteiger partial charge is 1.00 e. The second kappa shape index (κ2) is 18.5. The zero-order chi connectivity index (χ0) is 35.4. The van der Waals surface area contributed by atoms with E-state index < -0.39 is 0 Å². The molecule has 6 aromatic carbocycles. The van der Waals surface area contributed by atoms with E-state index in [-0.39, 0.29) is 41.1 Å². The Labute approximate surface area is 331 Å². The number of fused-ring (bicyclic) bond motifs is 2. The fourth-order valence-corrected chi connectivity index (χ4v) is 6.89. The molecule has 6 rings (SSSR count). The summed E-state index contributed by atoms with van der Waals surface area (Å²) in [7, 11) is 0. The molecule has 0 heterocycles. The molecular formula is C46H56Cl2SiZr-2. The number of hydrogen-bond acceptors (Lipinski definition) is 0. The quantitative estimate of drug-likeness (QED) is 0.128. The molecule has 0 saturated carbocycles. The van der Waals surface area contributed by atoms with Gasteiger partial charge >= 0.3 is 41.9 Å². The van der Waals surface area contributed by atoms with E-state index in [0.29, 0.717) is 0 Å². The van der Waals surface area contributed by atoms with Gasteiger partial charge in [-0.25, -0.2) is 0 Å². The Morgan fingerprint density at radius 3 is 1.10 bits per heavy atom. The Morgan fingerprint density at radius 2 is 0.840 bits per heavy atom. The normalized spacial score (nSPS) is 11.2. The van der Waals surface area contributed by atoms with Crippen molar-refractivity contribution in [3.8, 4) is 22.3 Å². The Hall–Kier alpha value is -2.22. The maximum atomic E-state index is 2.37. The standard InChI is InChI=1S/2C22H25.C2H6Si.2ClH.Zr/c2*1-6-16-10-12-17(13-11-16)19-9-7-8-18-14-20(22(3,4)5)15(2)21(18)19;1-3-2;;;/h2*7-14H,6H2,1-5H3;1-2H3;2*1H;/q2*-1;;;;+2/p-2. The summed E-state index contributed by atoms with van der Waals surface area (Å²) in [4.78, 5) is 0. The summed E-state index contributed by atoms with van der Waals surface area (Å²) in [5.41, 5.74) is 14.5. The van der Waals surface area contributed by atoms with Crippen molar-refractivity contribution >= 4 is 27.0 Å². The van der Waals surface area contributed by atoms with Crippen LogP contribution in [0.4, 0.5) is 0 Å². The first kappa shape index (κ1) is 43.9. The van der Waals surface area contributed by atoms with E-state index in [9.17, 15) is 0 Å². The van der Waals surface area contributed by atoms with Crippen molar-refractivity contribution in [2.75, 3.05) is 0 Å². The maximum Gasteiger partial charge on any atom is -1.00 e. The van der Waals surface area contributed by atoms with Gasteiger partial charge in [0.2, 0.25) is 0 Å². The summed E-state index contributed by atoms with van der Waals surface area (Å²) in [5.74, 6) is 0. The fraction of sp³-hybridized carbons (Fsp3) is 0.348. The minimum absolute atomic E-state index is 0. The van der Waals surface area contributed by atoms with Crippen molar-refractivity contribution in [1.82, 2.24) is 0 Å². The molecule has 0 fully saturated rings. The van der Waals surface area contributed by atoms with Crippen LogP contribution in [-0.4, -0.2) is 5.43 Å². The SMILES string of the molecule is CCc1ccc(-c2cccc3[cH-]c(C(C)(C)C)c(C)c23)cc1.CCc1ccc(-c2cccc3[cH-]c(C(C)(C)C)c(C)c23)cc1.C[Si](C)=[Zr+2].[Cl-].[Cl-]. The van der Waals surface area contributed by atoms with Crippen molar-refractivity contribution in [2.45, 2.75) is 106 Å². The molecule has 0 N–H and O–H groups in total.